The minimum absolute atomic E-state index is 0.0851. The summed E-state index contributed by atoms with van der Waals surface area (Å²) in [5.74, 6) is 1.47. The summed E-state index contributed by atoms with van der Waals surface area (Å²) in [6, 6.07) is 17.3. The van der Waals surface area contributed by atoms with E-state index in [1.165, 1.54) is 11.8 Å². The van der Waals surface area contributed by atoms with Crippen LogP contribution in [-0.2, 0) is 4.79 Å². The highest BCUT2D eigenvalue weighted by Crippen LogP contribution is 2.28. The summed E-state index contributed by atoms with van der Waals surface area (Å²) in [4.78, 5) is 11.9. The van der Waals surface area contributed by atoms with Gasteiger partial charge in [0.1, 0.15) is 5.75 Å². The molecule has 0 bridgehead atoms. The predicted molar refractivity (Wildman–Crippen MR) is 104 cm³/mol. The highest BCUT2D eigenvalue weighted by Gasteiger charge is 2.17. The second-order valence-electron chi connectivity index (χ2n) is 5.57. The van der Waals surface area contributed by atoms with Crippen LogP contribution in [0.4, 0.5) is 0 Å². The van der Waals surface area contributed by atoms with Crippen LogP contribution in [0.25, 0.3) is 17.1 Å². The zero-order valence-corrected chi connectivity index (χ0v) is 15.6. The van der Waals surface area contributed by atoms with E-state index in [9.17, 15) is 4.79 Å². The molecule has 0 aliphatic rings. The molecule has 7 nitrogen and oxygen atoms in total. The first-order valence-corrected chi connectivity index (χ1v) is 9.37. The number of carbonyl (C=O) groups excluding carboxylic acids is 1. The van der Waals surface area contributed by atoms with Crippen molar-refractivity contribution in [3.8, 4) is 22.8 Å². The summed E-state index contributed by atoms with van der Waals surface area (Å²) in [6.07, 6.45) is 0. The van der Waals surface area contributed by atoms with Gasteiger partial charge in [-0.15, -0.1) is 10.2 Å². The van der Waals surface area contributed by atoms with Gasteiger partial charge < -0.3 is 15.2 Å². The van der Waals surface area contributed by atoms with Crippen LogP contribution >= 0.6 is 11.8 Å². The molecule has 1 amide bonds. The highest BCUT2D eigenvalue weighted by molar-refractivity contribution is 7.99. The Kier molecular flexibility index (Phi) is 6.45. The molecule has 2 N–H and O–H groups in total. The lowest BCUT2D eigenvalue weighted by Gasteiger charge is -2.10. The zero-order valence-electron chi connectivity index (χ0n) is 14.8. The number of rotatable bonds is 8. The third kappa shape index (κ3) is 4.66. The molecule has 0 radical (unpaired) electrons. The fraction of sp³-hybridized carbons (Fsp3) is 0.211. The lowest BCUT2D eigenvalue weighted by molar-refractivity contribution is -0.118. The number of ether oxygens (including phenoxy) is 1. The van der Waals surface area contributed by atoms with Gasteiger partial charge in [0.05, 0.1) is 19.5 Å². The summed E-state index contributed by atoms with van der Waals surface area (Å²) < 4.78 is 7.14. The Labute approximate surface area is 161 Å². The fourth-order valence-electron chi connectivity index (χ4n) is 2.48. The minimum Gasteiger partial charge on any atom is -0.497 e. The van der Waals surface area contributed by atoms with Crippen LogP contribution in [0.2, 0.25) is 0 Å². The molecule has 0 aliphatic heterocycles. The third-order valence-corrected chi connectivity index (χ3v) is 4.69. The second-order valence-corrected chi connectivity index (χ2v) is 6.51. The van der Waals surface area contributed by atoms with Gasteiger partial charge in [-0.05, 0) is 36.4 Å². The molecular weight excluding hydrogens is 364 g/mol. The predicted octanol–water partition coefficient (Wildman–Crippen LogP) is 2.14. The number of aromatic nitrogens is 3. The number of nitrogens with one attached hydrogen (secondary N) is 1. The van der Waals surface area contributed by atoms with Crippen LogP contribution in [0, 0.1) is 0 Å². The summed E-state index contributed by atoms with van der Waals surface area (Å²) in [6.45, 7) is 0.153. The van der Waals surface area contributed by atoms with E-state index in [4.69, 9.17) is 9.84 Å². The Balaban J connectivity index is 1.92. The van der Waals surface area contributed by atoms with E-state index in [0.717, 1.165) is 17.0 Å². The summed E-state index contributed by atoms with van der Waals surface area (Å²) in [7, 11) is 1.62. The first-order chi connectivity index (χ1) is 13.2. The average molecular weight is 384 g/mol. The first kappa shape index (κ1) is 18.9. The summed E-state index contributed by atoms with van der Waals surface area (Å²) in [5.41, 5.74) is 1.80. The zero-order chi connectivity index (χ0) is 19.1. The summed E-state index contributed by atoms with van der Waals surface area (Å²) in [5, 5.41) is 20.7. The third-order valence-electron chi connectivity index (χ3n) is 3.76. The highest BCUT2D eigenvalue weighted by atomic mass is 32.2. The number of methoxy groups -OCH3 is 1. The fourth-order valence-corrected chi connectivity index (χ4v) is 3.26. The van der Waals surface area contributed by atoms with E-state index < -0.39 is 0 Å². The topological polar surface area (TPSA) is 89.3 Å². The van der Waals surface area contributed by atoms with Gasteiger partial charge >= 0.3 is 0 Å². The maximum Gasteiger partial charge on any atom is 0.230 e. The maximum atomic E-state index is 11.9. The van der Waals surface area contributed by atoms with Crippen molar-refractivity contribution in [1.29, 1.82) is 0 Å². The van der Waals surface area contributed by atoms with Crippen molar-refractivity contribution < 1.29 is 14.6 Å². The van der Waals surface area contributed by atoms with E-state index in [1.807, 2.05) is 59.2 Å². The monoisotopic (exact) mass is 384 g/mol. The Hall–Kier alpha value is -2.84. The van der Waals surface area contributed by atoms with Gasteiger partial charge in [0.2, 0.25) is 5.91 Å². The standard InChI is InChI=1S/C19H20N4O3S/c1-26-16-9-7-14(8-10-16)18-21-22-19(27-13-17(25)20-11-12-24)23(18)15-5-3-2-4-6-15/h2-10,24H,11-13H2,1H3,(H,20,25). The number of aliphatic hydroxyl groups excluding tert-OH is 1. The number of carbonyl (C=O) groups is 1. The van der Waals surface area contributed by atoms with Gasteiger partial charge in [-0.1, -0.05) is 30.0 Å². The van der Waals surface area contributed by atoms with Crippen LogP contribution in [0.1, 0.15) is 0 Å². The quantitative estimate of drug-likeness (QED) is 0.579. The van der Waals surface area contributed by atoms with Crippen molar-refractivity contribution in [2.24, 2.45) is 0 Å². The number of nitrogens with zero attached hydrogens (tertiary/aromatic N) is 3. The van der Waals surface area contributed by atoms with Crippen LogP contribution in [0.3, 0.4) is 0 Å². The molecule has 3 aromatic rings. The lowest BCUT2D eigenvalue weighted by atomic mass is 10.2. The van der Waals surface area contributed by atoms with Crippen LogP contribution in [0.5, 0.6) is 5.75 Å². The molecule has 2 aromatic carbocycles. The van der Waals surface area contributed by atoms with Crippen LogP contribution in [0.15, 0.2) is 59.8 Å². The smallest absolute Gasteiger partial charge is 0.230 e. The van der Waals surface area contributed by atoms with E-state index >= 15 is 0 Å². The Morgan fingerprint density at radius 1 is 1.15 bits per heavy atom. The molecule has 0 saturated heterocycles. The lowest BCUT2D eigenvalue weighted by Crippen LogP contribution is -2.28. The Morgan fingerprint density at radius 3 is 2.56 bits per heavy atom. The number of thioether (sulfide) groups is 1. The molecule has 0 spiro atoms. The number of hydrogen-bond donors (Lipinski definition) is 2. The van der Waals surface area contributed by atoms with Gasteiger partial charge in [0.15, 0.2) is 11.0 Å². The van der Waals surface area contributed by atoms with Gasteiger partial charge in [-0.2, -0.15) is 0 Å². The van der Waals surface area contributed by atoms with Gasteiger partial charge in [0, 0.05) is 17.8 Å². The van der Waals surface area contributed by atoms with Gasteiger partial charge in [0.25, 0.3) is 0 Å². The maximum absolute atomic E-state index is 11.9. The molecular formula is C19H20N4O3S. The number of aliphatic hydroxyl groups is 1. The molecule has 0 aliphatic carbocycles. The SMILES string of the molecule is COc1ccc(-c2nnc(SCC(=O)NCCO)n2-c2ccccc2)cc1. The molecule has 0 unspecified atom stereocenters. The molecule has 3 rings (SSSR count). The van der Waals surface area contributed by atoms with Gasteiger partial charge in [-0.3, -0.25) is 9.36 Å². The number of hydrogen-bond acceptors (Lipinski definition) is 6. The normalized spacial score (nSPS) is 10.6. The molecule has 0 saturated carbocycles. The largest absolute Gasteiger partial charge is 0.497 e. The molecule has 27 heavy (non-hydrogen) atoms. The second kappa shape index (κ2) is 9.20. The average Bonchev–Trinajstić information content (AvgIpc) is 3.15. The Morgan fingerprint density at radius 2 is 1.89 bits per heavy atom. The molecule has 140 valence electrons. The molecule has 0 fully saturated rings. The van der Waals surface area contributed by atoms with Crippen molar-refractivity contribution in [2.75, 3.05) is 26.0 Å². The van der Waals surface area contributed by atoms with E-state index in [2.05, 4.69) is 15.5 Å². The van der Waals surface area contributed by atoms with Crippen molar-refractivity contribution in [3.05, 3.63) is 54.6 Å². The van der Waals surface area contributed by atoms with E-state index in [0.29, 0.717) is 11.0 Å². The molecule has 1 aromatic heterocycles. The van der Waals surface area contributed by atoms with Gasteiger partial charge in [-0.25, -0.2) is 0 Å². The number of para-hydroxylation sites is 1. The van der Waals surface area contributed by atoms with Crippen molar-refractivity contribution in [2.45, 2.75) is 5.16 Å². The van der Waals surface area contributed by atoms with Crippen LogP contribution in [-0.4, -0.2) is 51.8 Å². The van der Waals surface area contributed by atoms with Crippen molar-refractivity contribution >= 4 is 17.7 Å². The summed E-state index contributed by atoms with van der Waals surface area (Å²) >= 11 is 1.29. The number of benzene rings is 2. The number of amides is 1. The molecule has 0 atom stereocenters. The first-order valence-electron chi connectivity index (χ1n) is 8.38. The van der Waals surface area contributed by atoms with Crippen molar-refractivity contribution in [3.63, 3.8) is 0 Å². The molecule has 1 heterocycles. The Bertz CT molecular complexity index is 882. The van der Waals surface area contributed by atoms with E-state index in [-0.39, 0.29) is 24.8 Å². The van der Waals surface area contributed by atoms with Crippen LogP contribution < -0.4 is 10.1 Å². The van der Waals surface area contributed by atoms with Crippen molar-refractivity contribution in [1.82, 2.24) is 20.1 Å². The van der Waals surface area contributed by atoms with E-state index in [1.54, 1.807) is 7.11 Å². The molecule has 8 heteroatoms. The minimum atomic E-state index is -0.164.